The van der Waals surface area contributed by atoms with Crippen LogP contribution in [0.4, 0.5) is 0 Å². The lowest BCUT2D eigenvalue weighted by molar-refractivity contribution is -0.139. The number of para-hydroxylation sites is 1. The highest BCUT2D eigenvalue weighted by molar-refractivity contribution is 7.80. The first-order valence-corrected chi connectivity index (χ1v) is 6.43. The molecule has 0 heterocycles. The minimum atomic E-state index is -1.03. The molecule has 0 aliphatic rings. The Bertz CT molecular complexity index is 503. The van der Waals surface area contributed by atoms with Crippen LogP contribution >= 0.6 is 12.2 Å². The van der Waals surface area contributed by atoms with Crippen LogP contribution in [0.3, 0.4) is 0 Å². The van der Waals surface area contributed by atoms with E-state index in [9.17, 15) is 4.79 Å². The second-order valence-electron chi connectivity index (χ2n) is 4.22. The third kappa shape index (κ3) is 6.14. The molecule has 7 heteroatoms. The smallest absolute Gasteiger partial charge is 0.341 e. The van der Waals surface area contributed by atoms with Gasteiger partial charge in [-0.15, -0.1) is 0 Å². The predicted octanol–water partition coefficient (Wildman–Crippen LogP) is 1.36. The Hall–Kier alpha value is -2.15. The van der Waals surface area contributed by atoms with Crippen molar-refractivity contribution in [2.75, 3.05) is 6.61 Å². The number of aliphatic carboxylic acids is 1. The molecule has 0 aromatic heterocycles. The molecule has 0 unspecified atom stereocenters. The largest absolute Gasteiger partial charge is 0.481 e. The molecular formula is C13H17N3O3S. The standard InChI is InChI=1S/C13H17N3O3S/c1-9(2)15-13(20)16-14-7-10-5-3-4-6-11(10)19-8-12(17)18/h3-7,9H,8H2,1-2H3,(H,17,18)(H2,15,16,20). The van der Waals surface area contributed by atoms with Gasteiger partial charge in [-0.3, -0.25) is 5.43 Å². The van der Waals surface area contributed by atoms with Gasteiger partial charge in [0.2, 0.25) is 0 Å². The van der Waals surface area contributed by atoms with Gasteiger partial charge in [0, 0.05) is 11.6 Å². The first-order valence-electron chi connectivity index (χ1n) is 6.02. The summed E-state index contributed by atoms with van der Waals surface area (Å²) in [5, 5.41) is 16.0. The summed E-state index contributed by atoms with van der Waals surface area (Å²) in [6.07, 6.45) is 1.52. The number of nitrogens with zero attached hydrogens (tertiary/aromatic N) is 1. The lowest BCUT2D eigenvalue weighted by Crippen LogP contribution is -2.36. The zero-order valence-corrected chi connectivity index (χ0v) is 12.1. The maximum atomic E-state index is 10.5. The fourth-order valence-electron chi connectivity index (χ4n) is 1.31. The molecule has 6 nitrogen and oxygen atoms in total. The Balaban J connectivity index is 2.62. The van der Waals surface area contributed by atoms with Gasteiger partial charge in [-0.05, 0) is 38.2 Å². The molecule has 0 saturated heterocycles. The zero-order chi connectivity index (χ0) is 15.0. The van der Waals surface area contributed by atoms with Crippen LogP contribution in [-0.2, 0) is 4.79 Å². The summed E-state index contributed by atoms with van der Waals surface area (Å²) in [4.78, 5) is 10.5. The molecule has 0 amide bonds. The van der Waals surface area contributed by atoms with E-state index in [2.05, 4.69) is 15.8 Å². The van der Waals surface area contributed by atoms with Crippen LogP contribution in [0.2, 0.25) is 0 Å². The molecule has 0 fully saturated rings. The number of carboxylic acids is 1. The highest BCUT2D eigenvalue weighted by Crippen LogP contribution is 2.15. The van der Waals surface area contributed by atoms with Crippen molar-refractivity contribution in [2.45, 2.75) is 19.9 Å². The Kier molecular flexibility index (Phi) is 6.45. The average Bonchev–Trinajstić information content (AvgIpc) is 2.36. The van der Waals surface area contributed by atoms with Crippen molar-refractivity contribution in [1.29, 1.82) is 0 Å². The summed E-state index contributed by atoms with van der Waals surface area (Å²) in [5.74, 6) is -0.583. The van der Waals surface area contributed by atoms with Crippen LogP contribution in [0.15, 0.2) is 29.4 Å². The van der Waals surface area contributed by atoms with Crippen LogP contribution in [-0.4, -0.2) is 35.1 Å². The van der Waals surface area contributed by atoms with Crippen molar-refractivity contribution < 1.29 is 14.6 Å². The number of nitrogens with one attached hydrogen (secondary N) is 2. The van der Waals surface area contributed by atoms with Gasteiger partial charge in [-0.25, -0.2) is 4.79 Å². The van der Waals surface area contributed by atoms with Crippen LogP contribution < -0.4 is 15.5 Å². The Labute approximate surface area is 122 Å². The van der Waals surface area contributed by atoms with E-state index >= 15 is 0 Å². The highest BCUT2D eigenvalue weighted by Gasteiger charge is 2.03. The van der Waals surface area contributed by atoms with Gasteiger partial charge >= 0.3 is 5.97 Å². The van der Waals surface area contributed by atoms with Crippen molar-refractivity contribution >= 4 is 29.5 Å². The monoisotopic (exact) mass is 295 g/mol. The van der Waals surface area contributed by atoms with Gasteiger partial charge in [0.15, 0.2) is 11.7 Å². The summed E-state index contributed by atoms with van der Waals surface area (Å²) < 4.78 is 5.15. The van der Waals surface area contributed by atoms with Crippen molar-refractivity contribution in [3.8, 4) is 5.75 Å². The van der Waals surface area contributed by atoms with E-state index in [-0.39, 0.29) is 6.04 Å². The van der Waals surface area contributed by atoms with E-state index in [1.807, 2.05) is 13.8 Å². The third-order valence-electron chi connectivity index (χ3n) is 2.06. The summed E-state index contributed by atoms with van der Waals surface area (Å²) in [6, 6.07) is 7.22. The van der Waals surface area contributed by atoms with E-state index < -0.39 is 12.6 Å². The van der Waals surface area contributed by atoms with Gasteiger partial charge < -0.3 is 15.2 Å². The topological polar surface area (TPSA) is 83.0 Å². The van der Waals surface area contributed by atoms with E-state index in [0.717, 1.165) is 0 Å². The van der Waals surface area contributed by atoms with E-state index in [4.69, 9.17) is 22.1 Å². The number of carbonyl (C=O) groups is 1. The molecule has 1 aromatic rings. The van der Waals surface area contributed by atoms with E-state index in [0.29, 0.717) is 16.4 Å². The molecule has 1 aromatic carbocycles. The first-order chi connectivity index (χ1) is 9.49. The Morgan fingerprint density at radius 2 is 2.20 bits per heavy atom. The van der Waals surface area contributed by atoms with Crippen molar-refractivity contribution in [2.24, 2.45) is 5.10 Å². The van der Waals surface area contributed by atoms with Crippen molar-refractivity contribution in [3.05, 3.63) is 29.8 Å². The SMILES string of the molecule is CC(C)NC(=S)NN=Cc1ccccc1OCC(=O)O. The first kappa shape index (κ1) is 15.9. The number of hydrogen-bond donors (Lipinski definition) is 3. The molecule has 3 N–H and O–H groups in total. The van der Waals surface area contributed by atoms with Gasteiger partial charge in [-0.2, -0.15) is 5.10 Å². The second-order valence-corrected chi connectivity index (χ2v) is 4.63. The normalized spacial score (nSPS) is 10.6. The number of thiocarbonyl (C=S) groups is 1. The third-order valence-corrected chi connectivity index (χ3v) is 2.27. The maximum Gasteiger partial charge on any atom is 0.341 e. The fraction of sp³-hybridized carbons (Fsp3) is 0.308. The van der Waals surface area contributed by atoms with Crippen LogP contribution in [0.5, 0.6) is 5.75 Å². The van der Waals surface area contributed by atoms with Gasteiger partial charge in [0.25, 0.3) is 0 Å². The van der Waals surface area contributed by atoms with Crippen LogP contribution in [0, 0.1) is 0 Å². The van der Waals surface area contributed by atoms with Gasteiger partial charge in [0.1, 0.15) is 5.75 Å². The summed E-state index contributed by atoms with van der Waals surface area (Å²) >= 11 is 5.02. The molecule has 0 atom stereocenters. The molecule has 0 bridgehead atoms. The van der Waals surface area contributed by atoms with Crippen LogP contribution in [0.25, 0.3) is 0 Å². The average molecular weight is 295 g/mol. The fourth-order valence-corrected chi connectivity index (χ4v) is 1.60. The molecule has 0 saturated carbocycles. The number of hydrogen-bond acceptors (Lipinski definition) is 4. The number of benzene rings is 1. The Morgan fingerprint density at radius 1 is 1.50 bits per heavy atom. The lowest BCUT2D eigenvalue weighted by Gasteiger charge is -2.10. The minimum absolute atomic E-state index is 0.219. The minimum Gasteiger partial charge on any atom is -0.481 e. The van der Waals surface area contributed by atoms with Crippen molar-refractivity contribution in [3.63, 3.8) is 0 Å². The zero-order valence-electron chi connectivity index (χ0n) is 11.3. The van der Waals surface area contributed by atoms with Gasteiger partial charge in [-0.1, -0.05) is 12.1 Å². The number of ether oxygens (including phenoxy) is 1. The summed E-state index contributed by atoms with van der Waals surface area (Å²) in [5.41, 5.74) is 3.33. The summed E-state index contributed by atoms with van der Waals surface area (Å²) in [6.45, 7) is 3.53. The number of rotatable bonds is 6. The van der Waals surface area contributed by atoms with E-state index in [1.54, 1.807) is 24.3 Å². The molecule has 20 heavy (non-hydrogen) atoms. The van der Waals surface area contributed by atoms with Crippen LogP contribution in [0.1, 0.15) is 19.4 Å². The van der Waals surface area contributed by atoms with Gasteiger partial charge in [0.05, 0.1) is 6.21 Å². The quantitative estimate of drug-likeness (QED) is 0.417. The molecule has 108 valence electrons. The molecular weight excluding hydrogens is 278 g/mol. The molecule has 0 radical (unpaired) electrons. The van der Waals surface area contributed by atoms with Crippen molar-refractivity contribution in [1.82, 2.24) is 10.7 Å². The number of hydrazone groups is 1. The maximum absolute atomic E-state index is 10.5. The molecule has 1 rings (SSSR count). The molecule has 0 spiro atoms. The summed E-state index contributed by atoms with van der Waals surface area (Å²) in [7, 11) is 0. The Morgan fingerprint density at radius 3 is 2.85 bits per heavy atom. The number of carboxylic acid groups (broad SMARTS) is 1. The highest BCUT2D eigenvalue weighted by atomic mass is 32.1. The molecule has 0 aliphatic heterocycles. The lowest BCUT2D eigenvalue weighted by atomic mass is 10.2. The predicted molar refractivity (Wildman–Crippen MR) is 81.2 cm³/mol. The van der Waals surface area contributed by atoms with E-state index in [1.165, 1.54) is 6.21 Å². The second kappa shape index (κ2) is 8.11. The molecule has 0 aliphatic carbocycles.